The van der Waals surface area contributed by atoms with Gasteiger partial charge in [-0.15, -0.1) is 0 Å². The fraction of sp³-hybridized carbons (Fsp3) is 0.321. The minimum absolute atomic E-state index is 0.0314. The topological polar surface area (TPSA) is 80.8 Å². The number of carbonyl (C=O) groups excluding carboxylic acids is 2. The van der Waals surface area contributed by atoms with Crippen LogP contribution in [0, 0.1) is 0 Å². The van der Waals surface area contributed by atoms with E-state index in [9.17, 15) is 9.59 Å². The molecule has 1 aliphatic rings. The van der Waals surface area contributed by atoms with Crippen molar-refractivity contribution < 1.29 is 9.59 Å². The van der Waals surface area contributed by atoms with Gasteiger partial charge in [-0.05, 0) is 47.5 Å². The van der Waals surface area contributed by atoms with Crippen LogP contribution in [0.3, 0.4) is 0 Å². The van der Waals surface area contributed by atoms with Crippen molar-refractivity contribution in [3.8, 4) is 0 Å². The first-order valence-electron chi connectivity index (χ1n) is 12.3. The van der Waals surface area contributed by atoms with Crippen LogP contribution in [0.5, 0.6) is 0 Å². The minimum atomic E-state index is -0.637. The Labute approximate surface area is 212 Å². The number of nitrogens with one attached hydrogen (secondary N) is 2. The van der Waals surface area contributed by atoms with Gasteiger partial charge in [0, 0.05) is 77.1 Å². The molecule has 0 spiro atoms. The van der Waals surface area contributed by atoms with Crippen LogP contribution in [-0.2, 0) is 16.1 Å². The van der Waals surface area contributed by atoms with Crippen molar-refractivity contribution in [2.45, 2.75) is 12.6 Å². The zero-order valence-corrected chi connectivity index (χ0v) is 20.9. The summed E-state index contributed by atoms with van der Waals surface area (Å²) >= 11 is 0. The first-order chi connectivity index (χ1) is 17.5. The second-order valence-corrected chi connectivity index (χ2v) is 9.11. The van der Waals surface area contributed by atoms with E-state index >= 15 is 0 Å². The van der Waals surface area contributed by atoms with Crippen LogP contribution in [0.1, 0.15) is 17.2 Å². The highest BCUT2D eigenvalue weighted by Crippen LogP contribution is 2.25. The van der Waals surface area contributed by atoms with Gasteiger partial charge < -0.3 is 20.4 Å². The molecule has 36 heavy (non-hydrogen) atoms. The number of piperazine rings is 1. The van der Waals surface area contributed by atoms with E-state index in [-0.39, 0.29) is 12.6 Å². The molecule has 1 fully saturated rings. The highest BCUT2D eigenvalue weighted by molar-refractivity contribution is 6.35. The molecule has 0 bridgehead atoms. The van der Waals surface area contributed by atoms with Gasteiger partial charge in [-0.3, -0.25) is 19.5 Å². The number of nitrogens with zero attached hydrogens (tertiary/aromatic N) is 4. The lowest BCUT2D eigenvalue weighted by atomic mass is 10.0. The summed E-state index contributed by atoms with van der Waals surface area (Å²) in [5.74, 6) is -1.26. The third-order valence-corrected chi connectivity index (χ3v) is 6.54. The zero-order valence-electron chi connectivity index (χ0n) is 20.9. The summed E-state index contributed by atoms with van der Waals surface area (Å²) in [5.41, 5.74) is 4.35. The van der Waals surface area contributed by atoms with Crippen LogP contribution in [-0.4, -0.2) is 68.5 Å². The number of benzene rings is 2. The summed E-state index contributed by atoms with van der Waals surface area (Å²) in [4.78, 5) is 35.8. The van der Waals surface area contributed by atoms with Crippen molar-refractivity contribution in [3.05, 3.63) is 90.3 Å². The summed E-state index contributed by atoms with van der Waals surface area (Å²) in [6.45, 7) is 4.16. The van der Waals surface area contributed by atoms with Crippen molar-refractivity contribution in [2.75, 3.05) is 56.6 Å². The average molecular weight is 487 g/mol. The predicted octanol–water partition coefficient (Wildman–Crippen LogP) is 2.44. The number of amides is 2. The van der Waals surface area contributed by atoms with Crippen LogP contribution >= 0.6 is 0 Å². The SMILES string of the molecule is CN(C)c1ccc(C(CNC(=O)C(=O)NCc2ccncc2)N2CCN(c3ccccc3)CC2)cc1. The Bertz CT molecular complexity index is 1110. The number of para-hydroxylation sites is 1. The van der Waals surface area contributed by atoms with Crippen LogP contribution in [0.2, 0.25) is 0 Å². The van der Waals surface area contributed by atoms with Crippen molar-refractivity contribution in [3.63, 3.8) is 0 Å². The standard InChI is InChI=1S/C28H34N6O2/c1-32(2)24-10-8-23(9-11-24)26(34-18-16-33(17-19-34)25-6-4-3-5-7-25)21-31-28(36)27(35)30-20-22-12-14-29-15-13-22/h3-15,26H,16-21H2,1-2H3,(H,30,35)(H,31,36). The van der Waals surface area contributed by atoms with Crippen LogP contribution in [0.15, 0.2) is 79.1 Å². The molecule has 1 saturated heterocycles. The number of hydrogen-bond donors (Lipinski definition) is 2. The summed E-state index contributed by atoms with van der Waals surface area (Å²) < 4.78 is 0. The zero-order chi connectivity index (χ0) is 25.3. The minimum Gasteiger partial charge on any atom is -0.378 e. The number of rotatable bonds is 8. The van der Waals surface area contributed by atoms with E-state index in [0.717, 1.165) is 43.0 Å². The molecule has 4 rings (SSSR count). The molecule has 1 atom stereocenters. The predicted molar refractivity (Wildman–Crippen MR) is 143 cm³/mol. The van der Waals surface area contributed by atoms with Gasteiger partial charge in [-0.2, -0.15) is 0 Å². The third-order valence-electron chi connectivity index (χ3n) is 6.54. The monoisotopic (exact) mass is 486 g/mol. The molecule has 2 aromatic carbocycles. The molecular formula is C28H34N6O2. The van der Waals surface area contributed by atoms with Gasteiger partial charge in [0.05, 0.1) is 6.04 Å². The molecule has 3 aromatic rings. The van der Waals surface area contributed by atoms with Crippen LogP contribution < -0.4 is 20.4 Å². The highest BCUT2D eigenvalue weighted by atomic mass is 16.2. The Balaban J connectivity index is 1.40. The molecule has 2 heterocycles. The average Bonchev–Trinajstić information content (AvgIpc) is 2.93. The van der Waals surface area contributed by atoms with Gasteiger partial charge in [0.25, 0.3) is 0 Å². The fourth-order valence-electron chi connectivity index (χ4n) is 4.42. The largest absolute Gasteiger partial charge is 0.378 e. The number of carbonyl (C=O) groups is 2. The van der Waals surface area contributed by atoms with Gasteiger partial charge in [-0.1, -0.05) is 30.3 Å². The molecule has 0 radical (unpaired) electrons. The number of anilines is 2. The summed E-state index contributed by atoms with van der Waals surface area (Å²) in [5, 5.41) is 5.55. The molecule has 2 N–H and O–H groups in total. The van der Waals surface area contributed by atoms with Crippen molar-refractivity contribution in [1.29, 1.82) is 0 Å². The fourth-order valence-corrected chi connectivity index (χ4v) is 4.42. The normalized spacial score (nSPS) is 14.7. The summed E-state index contributed by atoms with van der Waals surface area (Å²) in [6.07, 6.45) is 3.32. The molecule has 1 unspecified atom stereocenters. The first-order valence-corrected chi connectivity index (χ1v) is 12.3. The Morgan fingerprint density at radius 3 is 2.14 bits per heavy atom. The van der Waals surface area contributed by atoms with Crippen LogP contribution in [0.4, 0.5) is 11.4 Å². The third kappa shape index (κ3) is 6.60. The number of pyridine rings is 1. The van der Waals surface area contributed by atoms with E-state index in [0.29, 0.717) is 6.54 Å². The highest BCUT2D eigenvalue weighted by Gasteiger charge is 2.26. The molecule has 0 aliphatic carbocycles. The van der Waals surface area contributed by atoms with E-state index in [4.69, 9.17) is 0 Å². The Kier molecular flexibility index (Phi) is 8.52. The maximum Gasteiger partial charge on any atom is 0.309 e. The molecule has 8 heteroatoms. The molecule has 188 valence electrons. The molecule has 0 saturated carbocycles. The smallest absolute Gasteiger partial charge is 0.309 e. The molecule has 1 aliphatic heterocycles. The molecule has 1 aromatic heterocycles. The van der Waals surface area contributed by atoms with E-state index in [1.165, 1.54) is 5.69 Å². The number of hydrogen-bond acceptors (Lipinski definition) is 6. The van der Waals surface area contributed by atoms with Crippen molar-refractivity contribution >= 4 is 23.2 Å². The van der Waals surface area contributed by atoms with Gasteiger partial charge in [0.2, 0.25) is 0 Å². The first kappa shape index (κ1) is 25.2. The van der Waals surface area contributed by atoms with Crippen molar-refractivity contribution in [2.24, 2.45) is 0 Å². The maximum atomic E-state index is 12.6. The Morgan fingerprint density at radius 1 is 0.861 bits per heavy atom. The van der Waals surface area contributed by atoms with Crippen LogP contribution in [0.25, 0.3) is 0 Å². The van der Waals surface area contributed by atoms with E-state index in [1.54, 1.807) is 24.5 Å². The van der Waals surface area contributed by atoms with Gasteiger partial charge in [0.1, 0.15) is 0 Å². The Morgan fingerprint density at radius 2 is 1.50 bits per heavy atom. The van der Waals surface area contributed by atoms with Gasteiger partial charge in [-0.25, -0.2) is 0 Å². The quantitative estimate of drug-likeness (QED) is 0.476. The van der Waals surface area contributed by atoms with E-state index in [2.05, 4.69) is 78.8 Å². The lowest BCUT2D eigenvalue weighted by Gasteiger charge is -2.40. The van der Waals surface area contributed by atoms with E-state index in [1.807, 2.05) is 20.2 Å². The molecule has 2 amide bonds. The second kappa shape index (κ2) is 12.2. The van der Waals surface area contributed by atoms with Gasteiger partial charge in [0.15, 0.2) is 0 Å². The summed E-state index contributed by atoms with van der Waals surface area (Å²) in [7, 11) is 4.03. The van der Waals surface area contributed by atoms with Gasteiger partial charge >= 0.3 is 11.8 Å². The lowest BCUT2D eigenvalue weighted by Crippen LogP contribution is -2.50. The second-order valence-electron chi connectivity index (χ2n) is 9.11. The summed E-state index contributed by atoms with van der Waals surface area (Å²) in [6, 6.07) is 22.4. The molecule has 8 nitrogen and oxygen atoms in total. The Hall–Kier alpha value is -3.91. The lowest BCUT2D eigenvalue weighted by molar-refractivity contribution is -0.139. The van der Waals surface area contributed by atoms with Crippen molar-refractivity contribution in [1.82, 2.24) is 20.5 Å². The molecular weight excluding hydrogens is 452 g/mol. The number of aromatic nitrogens is 1. The maximum absolute atomic E-state index is 12.6. The van der Waals surface area contributed by atoms with E-state index < -0.39 is 11.8 Å².